The zero-order valence-electron chi connectivity index (χ0n) is 13.9. The number of hydrogen-bond donors (Lipinski definition) is 2. The van der Waals surface area contributed by atoms with Gasteiger partial charge in [-0.1, -0.05) is 12.1 Å². The minimum Gasteiger partial charge on any atom is -0.480 e. The Bertz CT molecular complexity index is 702. The monoisotopic (exact) mass is 364 g/mol. The Kier molecular flexibility index (Phi) is 4.89. The van der Waals surface area contributed by atoms with Gasteiger partial charge in [-0.3, -0.25) is 14.5 Å². The molecule has 1 fully saturated rings. The number of carbonyl (C=O) groups excluding carboxylic acids is 2. The molecular formula is C17H20N2O5S. The molecule has 1 aromatic rings. The number of nitrogens with zero attached hydrogens (tertiary/aromatic N) is 1. The summed E-state index contributed by atoms with van der Waals surface area (Å²) in [6.07, 6.45) is 0.0631. The van der Waals surface area contributed by atoms with Crippen molar-refractivity contribution in [2.45, 2.75) is 31.4 Å². The van der Waals surface area contributed by atoms with Gasteiger partial charge in [0.25, 0.3) is 5.91 Å². The lowest BCUT2D eigenvalue weighted by Gasteiger charge is -2.36. The van der Waals surface area contributed by atoms with Crippen molar-refractivity contribution in [3.05, 3.63) is 24.3 Å². The number of aliphatic carboxylic acids is 1. The molecule has 0 spiro atoms. The van der Waals surface area contributed by atoms with Crippen LogP contribution in [0.15, 0.2) is 24.3 Å². The van der Waals surface area contributed by atoms with Crippen molar-refractivity contribution < 1.29 is 24.2 Å². The molecule has 2 amide bonds. The first-order valence-corrected chi connectivity index (χ1v) is 9.28. The molecule has 25 heavy (non-hydrogen) atoms. The van der Waals surface area contributed by atoms with Gasteiger partial charge in [-0.05, 0) is 43.4 Å². The largest absolute Gasteiger partial charge is 0.480 e. The number of para-hydroxylation sites is 2. The number of anilines is 1. The van der Waals surface area contributed by atoms with Crippen molar-refractivity contribution in [3.63, 3.8) is 0 Å². The van der Waals surface area contributed by atoms with Crippen LogP contribution in [0.2, 0.25) is 0 Å². The van der Waals surface area contributed by atoms with Crippen LogP contribution < -0.4 is 15.0 Å². The minimum atomic E-state index is -1.25. The summed E-state index contributed by atoms with van der Waals surface area (Å²) in [5.41, 5.74) is -0.729. The Morgan fingerprint density at radius 1 is 1.36 bits per heavy atom. The van der Waals surface area contributed by atoms with E-state index in [4.69, 9.17) is 4.74 Å². The number of amides is 2. The average molecular weight is 364 g/mol. The molecule has 2 aliphatic rings. The molecule has 0 saturated carbocycles. The van der Waals surface area contributed by atoms with E-state index >= 15 is 0 Å². The molecule has 0 aliphatic carbocycles. The van der Waals surface area contributed by atoms with Gasteiger partial charge in [0.1, 0.15) is 17.8 Å². The Morgan fingerprint density at radius 2 is 2.04 bits per heavy atom. The third kappa shape index (κ3) is 3.44. The van der Waals surface area contributed by atoms with E-state index in [0.717, 1.165) is 0 Å². The first kappa shape index (κ1) is 17.6. The van der Waals surface area contributed by atoms with E-state index in [1.54, 1.807) is 43.0 Å². The van der Waals surface area contributed by atoms with E-state index in [2.05, 4.69) is 5.32 Å². The van der Waals surface area contributed by atoms with Crippen LogP contribution in [0, 0.1) is 0 Å². The molecule has 2 N–H and O–H groups in total. The molecule has 1 saturated heterocycles. The highest BCUT2D eigenvalue weighted by atomic mass is 32.2. The van der Waals surface area contributed by atoms with Gasteiger partial charge in [0.2, 0.25) is 5.91 Å². The molecule has 1 atom stereocenters. The number of benzene rings is 1. The number of fused-ring (bicyclic) bond motifs is 1. The normalized spacial score (nSPS) is 21.9. The summed E-state index contributed by atoms with van der Waals surface area (Å²) < 4.78 is 5.54. The fraction of sp³-hybridized carbons (Fsp3) is 0.471. The Hall–Kier alpha value is -2.22. The molecule has 7 nitrogen and oxygen atoms in total. The van der Waals surface area contributed by atoms with Crippen molar-refractivity contribution in [3.8, 4) is 5.75 Å². The van der Waals surface area contributed by atoms with Crippen LogP contribution in [0.4, 0.5) is 5.69 Å². The number of carboxylic acids is 1. The highest BCUT2D eigenvalue weighted by Gasteiger charge is 2.42. The maximum atomic E-state index is 12.5. The van der Waals surface area contributed by atoms with Gasteiger partial charge in [0.05, 0.1) is 5.69 Å². The fourth-order valence-electron chi connectivity index (χ4n) is 3.08. The summed E-state index contributed by atoms with van der Waals surface area (Å²) in [7, 11) is 0. The molecule has 8 heteroatoms. The summed E-state index contributed by atoms with van der Waals surface area (Å²) in [4.78, 5) is 38.0. The van der Waals surface area contributed by atoms with Crippen molar-refractivity contribution in [2.75, 3.05) is 23.0 Å². The number of hydrogen-bond acceptors (Lipinski definition) is 5. The van der Waals surface area contributed by atoms with Gasteiger partial charge >= 0.3 is 5.97 Å². The van der Waals surface area contributed by atoms with E-state index in [1.165, 1.54) is 4.90 Å². The van der Waals surface area contributed by atoms with E-state index in [9.17, 15) is 19.5 Å². The predicted octanol–water partition coefficient (Wildman–Crippen LogP) is 1.27. The second-order valence-electron chi connectivity index (χ2n) is 6.20. The van der Waals surface area contributed by atoms with E-state index in [0.29, 0.717) is 35.8 Å². The van der Waals surface area contributed by atoms with Crippen LogP contribution in [0.25, 0.3) is 0 Å². The maximum absolute atomic E-state index is 12.5. The number of ether oxygens (including phenoxy) is 1. The predicted molar refractivity (Wildman–Crippen MR) is 94.0 cm³/mol. The number of carboxylic acid groups (broad SMARTS) is 1. The third-order valence-corrected chi connectivity index (χ3v) is 5.50. The molecule has 1 unspecified atom stereocenters. The van der Waals surface area contributed by atoms with Crippen LogP contribution in [0.5, 0.6) is 5.75 Å². The summed E-state index contributed by atoms with van der Waals surface area (Å²) >= 11 is 1.67. The SMILES string of the molecule is CC1Oc2ccccc2N(CC(=O)NC2(C(=O)O)CCSCC2)C1=O. The highest BCUT2D eigenvalue weighted by molar-refractivity contribution is 7.99. The lowest BCUT2D eigenvalue weighted by Crippen LogP contribution is -2.59. The lowest BCUT2D eigenvalue weighted by atomic mass is 9.92. The summed E-state index contributed by atoms with van der Waals surface area (Å²) in [6, 6.07) is 6.99. The average Bonchev–Trinajstić information content (AvgIpc) is 2.59. The zero-order valence-corrected chi connectivity index (χ0v) is 14.7. The molecule has 0 radical (unpaired) electrons. The van der Waals surface area contributed by atoms with Gasteiger partial charge in [-0.2, -0.15) is 11.8 Å². The molecular weight excluding hydrogens is 344 g/mol. The number of rotatable bonds is 4. The van der Waals surface area contributed by atoms with Gasteiger partial charge in [0, 0.05) is 0 Å². The molecule has 0 aromatic heterocycles. The maximum Gasteiger partial charge on any atom is 0.329 e. The van der Waals surface area contributed by atoms with E-state index in [1.807, 2.05) is 0 Å². The lowest BCUT2D eigenvalue weighted by molar-refractivity contribution is -0.147. The zero-order chi connectivity index (χ0) is 18.0. The van der Waals surface area contributed by atoms with Gasteiger partial charge in [-0.15, -0.1) is 0 Å². The van der Waals surface area contributed by atoms with Crippen LogP contribution >= 0.6 is 11.8 Å². The third-order valence-electron chi connectivity index (χ3n) is 4.51. The van der Waals surface area contributed by atoms with E-state index < -0.39 is 23.5 Å². The number of carbonyl (C=O) groups is 3. The quantitative estimate of drug-likeness (QED) is 0.835. The van der Waals surface area contributed by atoms with Crippen LogP contribution in [0.3, 0.4) is 0 Å². The van der Waals surface area contributed by atoms with Crippen molar-refractivity contribution >= 4 is 35.2 Å². The second-order valence-corrected chi connectivity index (χ2v) is 7.42. The molecule has 3 rings (SSSR count). The molecule has 0 bridgehead atoms. The summed E-state index contributed by atoms with van der Waals surface area (Å²) in [5, 5.41) is 12.2. The first-order valence-electron chi connectivity index (χ1n) is 8.12. The Balaban J connectivity index is 1.78. The molecule has 2 heterocycles. The molecule has 2 aliphatic heterocycles. The van der Waals surface area contributed by atoms with Crippen LogP contribution in [-0.4, -0.2) is 52.6 Å². The van der Waals surface area contributed by atoms with Crippen molar-refractivity contribution in [2.24, 2.45) is 0 Å². The second kappa shape index (κ2) is 6.95. The smallest absolute Gasteiger partial charge is 0.329 e. The standard InChI is InChI=1S/C17H20N2O5S/c1-11-15(21)19(12-4-2-3-5-13(12)24-11)10-14(20)18-17(16(22)23)6-8-25-9-7-17/h2-5,11H,6-10H2,1H3,(H,18,20)(H,22,23). The number of thioether (sulfide) groups is 1. The number of nitrogens with one attached hydrogen (secondary N) is 1. The Morgan fingerprint density at radius 3 is 2.72 bits per heavy atom. The summed E-state index contributed by atoms with van der Waals surface area (Å²) in [5.74, 6) is 0.0721. The summed E-state index contributed by atoms with van der Waals surface area (Å²) in [6.45, 7) is 1.39. The van der Waals surface area contributed by atoms with E-state index in [-0.39, 0.29) is 12.5 Å². The van der Waals surface area contributed by atoms with Gasteiger partial charge in [0.15, 0.2) is 6.10 Å². The highest BCUT2D eigenvalue weighted by Crippen LogP contribution is 2.33. The first-order chi connectivity index (χ1) is 11.9. The molecule has 134 valence electrons. The fourth-order valence-corrected chi connectivity index (χ4v) is 4.27. The van der Waals surface area contributed by atoms with Crippen LogP contribution in [0.1, 0.15) is 19.8 Å². The minimum absolute atomic E-state index is 0.230. The topological polar surface area (TPSA) is 95.9 Å². The van der Waals surface area contributed by atoms with Crippen LogP contribution in [-0.2, 0) is 14.4 Å². The van der Waals surface area contributed by atoms with Crippen molar-refractivity contribution in [1.82, 2.24) is 5.32 Å². The Labute approximate surface area is 149 Å². The molecule has 1 aromatic carbocycles. The van der Waals surface area contributed by atoms with Crippen molar-refractivity contribution in [1.29, 1.82) is 0 Å². The van der Waals surface area contributed by atoms with Gasteiger partial charge < -0.3 is 15.2 Å². The van der Waals surface area contributed by atoms with Gasteiger partial charge in [-0.25, -0.2) is 4.79 Å².